The molecule has 0 aliphatic heterocycles. The highest BCUT2D eigenvalue weighted by molar-refractivity contribution is 6.58. The summed E-state index contributed by atoms with van der Waals surface area (Å²) in [6, 6.07) is 17.4. The molecule has 8 heteroatoms. The molecule has 0 radical (unpaired) electrons. The molecule has 0 saturated carbocycles. The van der Waals surface area contributed by atoms with Gasteiger partial charge in [-0.3, -0.25) is 4.79 Å². The van der Waals surface area contributed by atoms with Gasteiger partial charge in [-0.05, 0) is 28.2 Å². The average Bonchev–Trinajstić information content (AvgIpc) is 2.67. The third-order valence-electron chi connectivity index (χ3n) is 4.16. The van der Waals surface area contributed by atoms with Crippen LogP contribution in [0.1, 0.15) is 11.1 Å². The molecule has 3 rings (SSSR count). The summed E-state index contributed by atoms with van der Waals surface area (Å²) in [6.07, 6.45) is 0. The normalized spacial score (nSPS) is 10.1. The largest absolute Gasteiger partial charge is 0.488 e. The zero-order valence-corrected chi connectivity index (χ0v) is 14.0. The second-order valence-electron chi connectivity index (χ2n) is 5.79. The molecular formula is C19H13BN4O3. The Morgan fingerprint density at radius 2 is 1.56 bits per heavy atom. The maximum absolute atomic E-state index is 12.1. The standard InChI is InChI=1S/C19H13BN4O3/c21-9-15-17(16(10-22)19(25)24-18(15)23)13-3-1-2-12(8-13)11-4-6-14(7-5-11)20(26)27/h1-8,26-27H,(H3,23,24,25). The first kappa shape index (κ1) is 18.0. The summed E-state index contributed by atoms with van der Waals surface area (Å²) in [7, 11) is -1.55. The molecule has 0 atom stereocenters. The summed E-state index contributed by atoms with van der Waals surface area (Å²) in [5.41, 5.74) is 7.54. The molecule has 0 amide bonds. The topological polar surface area (TPSA) is 147 Å². The Bertz CT molecular complexity index is 1160. The number of pyridine rings is 1. The summed E-state index contributed by atoms with van der Waals surface area (Å²) >= 11 is 0. The van der Waals surface area contributed by atoms with Crippen LogP contribution < -0.4 is 16.8 Å². The summed E-state index contributed by atoms with van der Waals surface area (Å²) in [5.74, 6) is -0.0943. The molecule has 0 unspecified atom stereocenters. The fourth-order valence-electron chi connectivity index (χ4n) is 2.83. The number of anilines is 1. The lowest BCUT2D eigenvalue weighted by Gasteiger charge is -2.11. The van der Waals surface area contributed by atoms with Gasteiger partial charge in [0.05, 0.1) is 0 Å². The predicted molar refractivity (Wildman–Crippen MR) is 102 cm³/mol. The molecule has 0 saturated heterocycles. The Morgan fingerprint density at radius 3 is 2.15 bits per heavy atom. The number of hydrogen-bond donors (Lipinski definition) is 4. The number of hydrogen-bond acceptors (Lipinski definition) is 6. The SMILES string of the molecule is N#Cc1c(N)[nH]c(=O)c(C#N)c1-c1cccc(-c2ccc(B(O)O)cc2)c1. The van der Waals surface area contributed by atoms with Crippen LogP contribution in [0.3, 0.4) is 0 Å². The van der Waals surface area contributed by atoms with Crippen molar-refractivity contribution < 1.29 is 10.0 Å². The smallest absolute Gasteiger partial charge is 0.423 e. The lowest BCUT2D eigenvalue weighted by molar-refractivity contribution is 0.426. The number of nitrogens with two attached hydrogens (primary N) is 1. The second kappa shape index (κ2) is 7.18. The molecule has 27 heavy (non-hydrogen) atoms. The summed E-state index contributed by atoms with van der Waals surface area (Å²) in [6.45, 7) is 0. The minimum atomic E-state index is -1.55. The van der Waals surface area contributed by atoms with Crippen LogP contribution in [-0.4, -0.2) is 22.2 Å². The van der Waals surface area contributed by atoms with E-state index < -0.39 is 12.7 Å². The lowest BCUT2D eigenvalue weighted by Crippen LogP contribution is -2.29. The van der Waals surface area contributed by atoms with Crippen molar-refractivity contribution in [1.29, 1.82) is 10.5 Å². The third-order valence-corrected chi connectivity index (χ3v) is 4.16. The molecule has 1 heterocycles. The van der Waals surface area contributed by atoms with Crippen LogP contribution in [0, 0.1) is 22.7 Å². The number of aromatic amines is 1. The first-order chi connectivity index (χ1) is 13.0. The molecule has 0 fully saturated rings. The van der Waals surface area contributed by atoms with Crippen LogP contribution in [0.2, 0.25) is 0 Å². The quantitative estimate of drug-likeness (QED) is 0.508. The molecule has 2 aromatic carbocycles. The number of nitriles is 2. The van der Waals surface area contributed by atoms with Crippen molar-refractivity contribution in [3.63, 3.8) is 0 Å². The minimum absolute atomic E-state index is 0.0297. The monoisotopic (exact) mass is 356 g/mol. The zero-order valence-electron chi connectivity index (χ0n) is 14.0. The van der Waals surface area contributed by atoms with Crippen LogP contribution in [0.4, 0.5) is 5.82 Å². The Kier molecular flexibility index (Phi) is 4.78. The number of nitrogens with zero attached hydrogens (tertiary/aromatic N) is 2. The summed E-state index contributed by atoms with van der Waals surface area (Å²) in [5, 5.41) is 37.2. The molecule has 1 aromatic heterocycles. The molecule has 0 spiro atoms. The number of benzene rings is 2. The van der Waals surface area contributed by atoms with Gasteiger partial charge in [0.25, 0.3) is 5.56 Å². The van der Waals surface area contributed by atoms with Crippen molar-refractivity contribution >= 4 is 18.4 Å². The van der Waals surface area contributed by atoms with Crippen molar-refractivity contribution in [2.75, 3.05) is 5.73 Å². The van der Waals surface area contributed by atoms with E-state index in [0.717, 1.165) is 11.1 Å². The Morgan fingerprint density at radius 1 is 0.926 bits per heavy atom. The Balaban J connectivity index is 2.19. The van der Waals surface area contributed by atoms with E-state index in [1.807, 2.05) is 18.2 Å². The van der Waals surface area contributed by atoms with E-state index in [0.29, 0.717) is 11.0 Å². The van der Waals surface area contributed by atoms with Crippen LogP contribution in [0.15, 0.2) is 53.3 Å². The first-order valence-electron chi connectivity index (χ1n) is 7.89. The Hall–Kier alpha value is -3.85. The molecule has 5 N–H and O–H groups in total. The van der Waals surface area contributed by atoms with Gasteiger partial charge in [0, 0.05) is 5.56 Å². The van der Waals surface area contributed by atoms with Crippen LogP contribution in [-0.2, 0) is 0 Å². The first-order valence-corrected chi connectivity index (χ1v) is 7.89. The molecule has 7 nitrogen and oxygen atoms in total. The third kappa shape index (κ3) is 3.31. The Labute approximate surface area is 154 Å². The van der Waals surface area contributed by atoms with E-state index in [1.165, 1.54) is 0 Å². The minimum Gasteiger partial charge on any atom is -0.423 e. The highest BCUT2D eigenvalue weighted by Gasteiger charge is 2.18. The molecule has 0 bridgehead atoms. The fourth-order valence-corrected chi connectivity index (χ4v) is 2.83. The molecular weight excluding hydrogens is 343 g/mol. The van der Waals surface area contributed by atoms with Crippen LogP contribution in [0.25, 0.3) is 22.3 Å². The maximum Gasteiger partial charge on any atom is 0.488 e. The van der Waals surface area contributed by atoms with Gasteiger partial charge in [-0.25, -0.2) is 0 Å². The van der Waals surface area contributed by atoms with Gasteiger partial charge in [-0.15, -0.1) is 0 Å². The molecule has 130 valence electrons. The van der Waals surface area contributed by atoms with Gasteiger partial charge in [-0.2, -0.15) is 10.5 Å². The molecule has 0 aliphatic carbocycles. The second-order valence-corrected chi connectivity index (χ2v) is 5.79. The maximum atomic E-state index is 12.1. The van der Waals surface area contributed by atoms with Gasteiger partial charge in [0.2, 0.25) is 0 Å². The van der Waals surface area contributed by atoms with Crippen molar-refractivity contribution in [3.05, 3.63) is 70.0 Å². The van der Waals surface area contributed by atoms with E-state index in [2.05, 4.69) is 4.98 Å². The van der Waals surface area contributed by atoms with Crippen LogP contribution in [0.5, 0.6) is 0 Å². The molecule has 3 aromatic rings. The van der Waals surface area contributed by atoms with Gasteiger partial charge in [0.15, 0.2) is 0 Å². The number of nitrogen functional groups attached to an aromatic ring is 1. The number of H-pyrrole nitrogens is 1. The van der Waals surface area contributed by atoms with Gasteiger partial charge >= 0.3 is 7.12 Å². The number of nitrogens with one attached hydrogen (secondary N) is 1. The van der Waals surface area contributed by atoms with Crippen molar-refractivity contribution in [2.45, 2.75) is 0 Å². The van der Waals surface area contributed by atoms with Gasteiger partial charge < -0.3 is 20.8 Å². The van der Waals surface area contributed by atoms with Crippen molar-refractivity contribution in [2.24, 2.45) is 0 Å². The highest BCUT2D eigenvalue weighted by Crippen LogP contribution is 2.31. The van der Waals surface area contributed by atoms with E-state index >= 15 is 0 Å². The average molecular weight is 356 g/mol. The van der Waals surface area contributed by atoms with Crippen molar-refractivity contribution in [3.8, 4) is 34.4 Å². The summed E-state index contributed by atoms with van der Waals surface area (Å²) in [4.78, 5) is 14.4. The van der Waals surface area contributed by atoms with Gasteiger partial charge in [-0.1, -0.05) is 42.5 Å². The fraction of sp³-hybridized carbons (Fsp3) is 0. The van der Waals surface area contributed by atoms with E-state index in [9.17, 15) is 25.4 Å². The van der Waals surface area contributed by atoms with E-state index in [1.54, 1.807) is 42.5 Å². The predicted octanol–water partition coefficient (Wildman–Crippen LogP) is 0.714. The van der Waals surface area contributed by atoms with Crippen LogP contribution >= 0.6 is 0 Å². The molecule has 0 aliphatic rings. The lowest BCUT2D eigenvalue weighted by atomic mass is 9.80. The summed E-state index contributed by atoms with van der Waals surface area (Å²) < 4.78 is 0. The highest BCUT2D eigenvalue weighted by atomic mass is 16.4. The van der Waals surface area contributed by atoms with E-state index in [4.69, 9.17) is 5.73 Å². The number of rotatable bonds is 3. The number of aromatic nitrogens is 1. The van der Waals surface area contributed by atoms with Gasteiger partial charge in [0.1, 0.15) is 29.1 Å². The van der Waals surface area contributed by atoms with Crippen molar-refractivity contribution in [1.82, 2.24) is 4.98 Å². The zero-order chi connectivity index (χ0) is 19.6. The van der Waals surface area contributed by atoms with E-state index in [-0.39, 0.29) is 22.5 Å².